The lowest BCUT2D eigenvalue weighted by Crippen LogP contribution is -2.62. The first kappa shape index (κ1) is 11.0. The molecule has 0 amide bonds. The SMILES string of the molecule is CC(C)CN1C(C)CNCC1(C)C. The van der Waals surface area contributed by atoms with Crippen LogP contribution >= 0.6 is 0 Å². The van der Waals surface area contributed by atoms with Gasteiger partial charge in [-0.05, 0) is 26.7 Å². The van der Waals surface area contributed by atoms with Crippen molar-refractivity contribution in [1.82, 2.24) is 10.2 Å². The molecule has 0 aromatic carbocycles. The van der Waals surface area contributed by atoms with Crippen LogP contribution in [-0.2, 0) is 0 Å². The lowest BCUT2D eigenvalue weighted by atomic mass is 9.95. The Morgan fingerprint density at radius 3 is 2.54 bits per heavy atom. The quantitative estimate of drug-likeness (QED) is 0.703. The zero-order chi connectivity index (χ0) is 10.1. The molecule has 13 heavy (non-hydrogen) atoms. The predicted octanol–water partition coefficient (Wildman–Crippen LogP) is 1.71. The molecule has 0 aliphatic carbocycles. The van der Waals surface area contributed by atoms with E-state index in [1.54, 1.807) is 0 Å². The van der Waals surface area contributed by atoms with Gasteiger partial charge < -0.3 is 5.32 Å². The minimum Gasteiger partial charge on any atom is -0.313 e. The van der Waals surface area contributed by atoms with Crippen LogP contribution in [0.4, 0.5) is 0 Å². The Labute approximate surface area is 82.7 Å². The summed E-state index contributed by atoms with van der Waals surface area (Å²) in [6.45, 7) is 15.0. The van der Waals surface area contributed by atoms with Crippen molar-refractivity contribution in [2.45, 2.75) is 46.2 Å². The fourth-order valence-corrected chi connectivity index (χ4v) is 2.22. The van der Waals surface area contributed by atoms with Crippen LogP contribution in [0.2, 0.25) is 0 Å². The number of hydrogen-bond donors (Lipinski definition) is 1. The Kier molecular flexibility index (Phi) is 3.36. The van der Waals surface area contributed by atoms with Crippen molar-refractivity contribution in [3.63, 3.8) is 0 Å². The normalized spacial score (nSPS) is 29.5. The molecule has 0 spiro atoms. The van der Waals surface area contributed by atoms with E-state index in [2.05, 4.69) is 44.8 Å². The maximum Gasteiger partial charge on any atom is 0.0281 e. The molecule has 1 heterocycles. The van der Waals surface area contributed by atoms with Gasteiger partial charge in [0.25, 0.3) is 0 Å². The second-order valence-corrected chi connectivity index (χ2v) is 5.34. The molecule has 0 bridgehead atoms. The first-order valence-electron chi connectivity index (χ1n) is 5.41. The molecule has 2 heteroatoms. The second kappa shape index (κ2) is 3.97. The zero-order valence-corrected chi connectivity index (χ0v) is 9.72. The Morgan fingerprint density at radius 2 is 2.08 bits per heavy atom. The molecule has 0 radical (unpaired) electrons. The average molecular weight is 184 g/mol. The van der Waals surface area contributed by atoms with E-state index in [0.29, 0.717) is 11.6 Å². The molecule has 1 atom stereocenters. The Hall–Kier alpha value is -0.0800. The fourth-order valence-electron chi connectivity index (χ4n) is 2.22. The summed E-state index contributed by atoms with van der Waals surface area (Å²) in [5.74, 6) is 0.764. The van der Waals surface area contributed by atoms with Crippen LogP contribution in [0.1, 0.15) is 34.6 Å². The van der Waals surface area contributed by atoms with Crippen molar-refractivity contribution in [2.75, 3.05) is 19.6 Å². The first-order chi connectivity index (χ1) is 5.93. The van der Waals surface area contributed by atoms with Crippen LogP contribution in [0, 0.1) is 5.92 Å². The molecule has 1 unspecified atom stereocenters. The molecule has 1 fully saturated rings. The third-order valence-corrected chi connectivity index (χ3v) is 2.87. The lowest BCUT2D eigenvalue weighted by molar-refractivity contribution is 0.0346. The van der Waals surface area contributed by atoms with Crippen molar-refractivity contribution in [3.8, 4) is 0 Å². The van der Waals surface area contributed by atoms with E-state index in [1.807, 2.05) is 0 Å². The highest BCUT2D eigenvalue weighted by Gasteiger charge is 2.33. The van der Waals surface area contributed by atoms with E-state index in [9.17, 15) is 0 Å². The summed E-state index contributed by atoms with van der Waals surface area (Å²) in [6, 6.07) is 0.672. The standard InChI is InChI=1S/C11H24N2/c1-9(2)7-13-10(3)6-12-8-11(13,4)5/h9-10,12H,6-8H2,1-5H3. The molecular formula is C11H24N2. The number of nitrogens with zero attached hydrogens (tertiary/aromatic N) is 1. The van der Waals surface area contributed by atoms with Gasteiger partial charge in [0.2, 0.25) is 0 Å². The number of nitrogens with one attached hydrogen (secondary N) is 1. The van der Waals surface area contributed by atoms with Gasteiger partial charge in [-0.1, -0.05) is 13.8 Å². The molecule has 1 aliphatic heterocycles. The van der Waals surface area contributed by atoms with Gasteiger partial charge >= 0.3 is 0 Å². The van der Waals surface area contributed by atoms with Crippen LogP contribution in [0.25, 0.3) is 0 Å². The monoisotopic (exact) mass is 184 g/mol. The number of piperazine rings is 1. The van der Waals surface area contributed by atoms with Crippen molar-refractivity contribution in [1.29, 1.82) is 0 Å². The van der Waals surface area contributed by atoms with Gasteiger partial charge in [-0.2, -0.15) is 0 Å². The van der Waals surface area contributed by atoms with Crippen LogP contribution in [0.15, 0.2) is 0 Å². The Balaban J connectivity index is 2.63. The summed E-state index contributed by atoms with van der Waals surface area (Å²) in [5, 5.41) is 3.49. The molecule has 0 saturated carbocycles. The number of hydrogen-bond acceptors (Lipinski definition) is 2. The lowest BCUT2D eigenvalue weighted by Gasteiger charge is -2.47. The van der Waals surface area contributed by atoms with Crippen LogP contribution in [0.5, 0.6) is 0 Å². The van der Waals surface area contributed by atoms with E-state index >= 15 is 0 Å². The molecule has 0 aromatic rings. The van der Waals surface area contributed by atoms with E-state index in [0.717, 1.165) is 19.0 Å². The molecular weight excluding hydrogens is 160 g/mol. The third-order valence-electron chi connectivity index (χ3n) is 2.87. The van der Waals surface area contributed by atoms with Crippen molar-refractivity contribution < 1.29 is 0 Å². The predicted molar refractivity (Wildman–Crippen MR) is 58.0 cm³/mol. The summed E-state index contributed by atoms with van der Waals surface area (Å²) < 4.78 is 0. The van der Waals surface area contributed by atoms with E-state index in [-0.39, 0.29) is 0 Å². The summed E-state index contributed by atoms with van der Waals surface area (Å²) in [7, 11) is 0. The van der Waals surface area contributed by atoms with Crippen LogP contribution in [-0.4, -0.2) is 36.1 Å². The highest BCUT2D eigenvalue weighted by Crippen LogP contribution is 2.21. The molecule has 0 aromatic heterocycles. The van der Waals surface area contributed by atoms with Gasteiger partial charge in [0.05, 0.1) is 0 Å². The van der Waals surface area contributed by atoms with Gasteiger partial charge in [0.15, 0.2) is 0 Å². The summed E-state index contributed by atoms with van der Waals surface area (Å²) >= 11 is 0. The Morgan fingerprint density at radius 1 is 1.46 bits per heavy atom. The van der Waals surface area contributed by atoms with Crippen molar-refractivity contribution in [3.05, 3.63) is 0 Å². The first-order valence-corrected chi connectivity index (χ1v) is 5.41. The maximum absolute atomic E-state index is 3.49. The summed E-state index contributed by atoms with van der Waals surface area (Å²) in [4.78, 5) is 2.63. The molecule has 1 aliphatic rings. The molecule has 78 valence electrons. The van der Waals surface area contributed by atoms with Crippen molar-refractivity contribution in [2.24, 2.45) is 5.92 Å². The van der Waals surface area contributed by atoms with E-state index < -0.39 is 0 Å². The third kappa shape index (κ3) is 2.68. The topological polar surface area (TPSA) is 15.3 Å². The average Bonchev–Trinajstić information content (AvgIpc) is 1.96. The minimum absolute atomic E-state index is 0.321. The maximum atomic E-state index is 3.49. The minimum atomic E-state index is 0.321. The molecule has 1 rings (SSSR count). The van der Waals surface area contributed by atoms with Crippen LogP contribution < -0.4 is 5.32 Å². The van der Waals surface area contributed by atoms with Gasteiger partial charge in [-0.15, -0.1) is 0 Å². The van der Waals surface area contributed by atoms with Crippen LogP contribution in [0.3, 0.4) is 0 Å². The molecule has 1 N–H and O–H groups in total. The van der Waals surface area contributed by atoms with E-state index in [1.165, 1.54) is 6.54 Å². The van der Waals surface area contributed by atoms with Gasteiger partial charge in [-0.3, -0.25) is 4.90 Å². The number of rotatable bonds is 2. The highest BCUT2D eigenvalue weighted by molar-refractivity contribution is 4.92. The second-order valence-electron chi connectivity index (χ2n) is 5.34. The van der Waals surface area contributed by atoms with Gasteiger partial charge in [-0.25, -0.2) is 0 Å². The highest BCUT2D eigenvalue weighted by atomic mass is 15.3. The van der Waals surface area contributed by atoms with Crippen molar-refractivity contribution >= 4 is 0 Å². The molecule has 1 saturated heterocycles. The smallest absolute Gasteiger partial charge is 0.0281 e. The largest absolute Gasteiger partial charge is 0.313 e. The zero-order valence-electron chi connectivity index (χ0n) is 9.72. The van der Waals surface area contributed by atoms with Gasteiger partial charge in [0, 0.05) is 31.2 Å². The van der Waals surface area contributed by atoms with E-state index in [4.69, 9.17) is 0 Å². The Bertz CT molecular complexity index is 163. The summed E-state index contributed by atoms with van der Waals surface area (Å²) in [5.41, 5.74) is 0.321. The van der Waals surface area contributed by atoms with Gasteiger partial charge in [0.1, 0.15) is 0 Å². The summed E-state index contributed by atoms with van der Waals surface area (Å²) in [6.07, 6.45) is 0. The molecule has 2 nitrogen and oxygen atoms in total. The fraction of sp³-hybridized carbons (Fsp3) is 1.00.